The van der Waals surface area contributed by atoms with Gasteiger partial charge in [0.15, 0.2) is 0 Å². The molecule has 120 valence electrons. The summed E-state index contributed by atoms with van der Waals surface area (Å²) < 4.78 is 0. The number of amides is 2. The molecule has 0 spiro atoms. The number of carbonyl (C=O) groups excluding carboxylic acids is 1. The van der Waals surface area contributed by atoms with Crippen LogP contribution in [0.25, 0.3) is 0 Å². The van der Waals surface area contributed by atoms with E-state index in [2.05, 4.69) is 10.2 Å². The van der Waals surface area contributed by atoms with Gasteiger partial charge in [0.1, 0.15) is 0 Å². The average molecular weight is 297 g/mol. The Morgan fingerprint density at radius 1 is 1.05 bits per heavy atom. The Morgan fingerprint density at radius 3 is 2.33 bits per heavy atom. The van der Waals surface area contributed by atoms with Gasteiger partial charge in [-0.15, -0.1) is 0 Å². The van der Waals surface area contributed by atoms with Gasteiger partial charge in [-0.1, -0.05) is 19.3 Å². The Balaban J connectivity index is 1.62. The molecule has 6 nitrogen and oxygen atoms in total. The number of aliphatic carboxylic acids is 1. The van der Waals surface area contributed by atoms with Gasteiger partial charge in [0, 0.05) is 39.3 Å². The van der Waals surface area contributed by atoms with E-state index in [0.29, 0.717) is 0 Å². The lowest BCUT2D eigenvalue weighted by Gasteiger charge is -2.37. The van der Waals surface area contributed by atoms with Crippen molar-refractivity contribution in [3.63, 3.8) is 0 Å². The van der Waals surface area contributed by atoms with E-state index in [4.69, 9.17) is 5.11 Å². The molecule has 2 N–H and O–H groups in total. The number of nitrogens with zero attached hydrogens (tertiary/aromatic N) is 2. The van der Waals surface area contributed by atoms with Crippen molar-refractivity contribution < 1.29 is 14.7 Å². The van der Waals surface area contributed by atoms with Crippen LogP contribution in [0.3, 0.4) is 0 Å². The molecule has 0 atom stereocenters. The van der Waals surface area contributed by atoms with Gasteiger partial charge in [-0.3, -0.25) is 9.69 Å². The van der Waals surface area contributed by atoms with Crippen molar-refractivity contribution in [1.29, 1.82) is 0 Å². The molecule has 1 aliphatic carbocycles. The minimum absolute atomic E-state index is 0.0205. The molecule has 1 saturated heterocycles. The highest BCUT2D eigenvalue weighted by atomic mass is 16.4. The van der Waals surface area contributed by atoms with Crippen LogP contribution in [0.1, 0.15) is 38.5 Å². The minimum Gasteiger partial charge on any atom is -0.481 e. The number of nitrogens with one attached hydrogen (secondary N) is 1. The summed E-state index contributed by atoms with van der Waals surface area (Å²) in [5.41, 5.74) is 0. The molecule has 21 heavy (non-hydrogen) atoms. The van der Waals surface area contributed by atoms with Crippen LogP contribution in [0.4, 0.5) is 4.79 Å². The smallest absolute Gasteiger partial charge is 0.317 e. The molecule has 0 radical (unpaired) electrons. The number of urea groups is 1. The first-order valence-electron chi connectivity index (χ1n) is 8.12. The Kier molecular flexibility index (Phi) is 6.29. The van der Waals surface area contributed by atoms with Gasteiger partial charge in [-0.2, -0.15) is 0 Å². The van der Waals surface area contributed by atoms with Crippen molar-refractivity contribution in [1.82, 2.24) is 15.1 Å². The van der Waals surface area contributed by atoms with Crippen LogP contribution < -0.4 is 5.32 Å². The zero-order valence-corrected chi connectivity index (χ0v) is 12.7. The van der Waals surface area contributed by atoms with Crippen LogP contribution in [0.5, 0.6) is 0 Å². The SMILES string of the molecule is O=C(O)CCNC(=O)N1CCN(CC2CCCCC2)CC1. The van der Waals surface area contributed by atoms with Gasteiger partial charge < -0.3 is 15.3 Å². The second kappa shape index (κ2) is 8.22. The Morgan fingerprint density at radius 2 is 1.71 bits per heavy atom. The lowest BCUT2D eigenvalue weighted by Crippen LogP contribution is -2.52. The molecular weight excluding hydrogens is 270 g/mol. The van der Waals surface area contributed by atoms with Crippen LogP contribution >= 0.6 is 0 Å². The lowest BCUT2D eigenvalue weighted by molar-refractivity contribution is -0.136. The molecule has 6 heteroatoms. The van der Waals surface area contributed by atoms with Crippen LogP contribution in [0, 0.1) is 5.92 Å². The van der Waals surface area contributed by atoms with E-state index in [1.165, 1.54) is 38.6 Å². The molecule has 0 unspecified atom stereocenters. The normalized spacial score (nSPS) is 21.2. The van der Waals surface area contributed by atoms with Gasteiger partial charge in [0.25, 0.3) is 0 Å². The fourth-order valence-corrected chi connectivity index (χ4v) is 3.26. The molecule has 2 aliphatic rings. The van der Waals surface area contributed by atoms with E-state index < -0.39 is 5.97 Å². The summed E-state index contributed by atoms with van der Waals surface area (Å²) in [5.74, 6) is -0.0395. The zero-order chi connectivity index (χ0) is 15.1. The van der Waals surface area contributed by atoms with Crippen LogP contribution in [0.15, 0.2) is 0 Å². The molecule has 2 rings (SSSR count). The molecule has 1 aliphatic heterocycles. The topological polar surface area (TPSA) is 72.9 Å². The fourth-order valence-electron chi connectivity index (χ4n) is 3.26. The molecule has 0 aromatic heterocycles. The third kappa shape index (κ3) is 5.53. The second-order valence-electron chi connectivity index (χ2n) is 6.17. The largest absolute Gasteiger partial charge is 0.481 e. The van der Waals surface area contributed by atoms with Gasteiger partial charge in [-0.05, 0) is 18.8 Å². The minimum atomic E-state index is -0.882. The number of piperazine rings is 1. The van der Waals surface area contributed by atoms with E-state index >= 15 is 0 Å². The van der Waals surface area contributed by atoms with Crippen LogP contribution in [-0.4, -0.2) is 66.2 Å². The highest BCUT2D eigenvalue weighted by Crippen LogP contribution is 2.24. The molecule has 0 aromatic rings. The molecule has 1 heterocycles. The highest BCUT2D eigenvalue weighted by molar-refractivity contribution is 5.75. The summed E-state index contributed by atoms with van der Waals surface area (Å²) in [6.45, 7) is 4.73. The first-order valence-corrected chi connectivity index (χ1v) is 8.12. The first kappa shape index (κ1) is 16.1. The summed E-state index contributed by atoms with van der Waals surface area (Å²) >= 11 is 0. The number of carbonyl (C=O) groups is 2. The van der Waals surface area contributed by atoms with E-state index in [1.54, 1.807) is 4.90 Å². The molecule has 2 fully saturated rings. The zero-order valence-electron chi connectivity index (χ0n) is 12.7. The van der Waals surface area contributed by atoms with Crippen molar-refractivity contribution in [2.24, 2.45) is 5.92 Å². The van der Waals surface area contributed by atoms with E-state index in [9.17, 15) is 9.59 Å². The average Bonchev–Trinajstić information content (AvgIpc) is 2.48. The molecular formula is C15H27N3O3. The quantitative estimate of drug-likeness (QED) is 0.804. The first-order chi connectivity index (χ1) is 10.1. The van der Waals surface area contributed by atoms with E-state index in [0.717, 1.165) is 32.1 Å². The standard InChI is InChI=1S/C15H27N3O3/c19-14(20)6-7-16-15(21)18-10-8-17(9-11-18)12-13-4-2-1-3-5-13/h13H,1-12H2,(H,16,21)(H,19,20). The Bertz CT molecular complexity index is 348. The molecule has 0 aromatic carbocycles. The summed E-state index contributed by atoms with van der Waals surface area (Å²) in [5, 5.41) is 11.2. The van der Waals surface area contributed by atoms with Gasteiger partial charge in [0.2, 0.25) is 0 Å². The van der Waals surface area contributed by atoms with Crippen LogP contribution in [0.2, 0.25) is 0 Å². The monoisotopic (exact) mass is 297 g/mol. The van der Waals surface area contributed by atoms with Gasteiger partial charge in [0.05, 0.1) is 6.42 Å². The molecule has 0 bridgehead atoms. The van der Waals surface area contributed by atoms with Crippen molar-refractivity contribution in [2.45, 2.75) is 38.5 Å². The van der Waals surface area contributed by atoms with E-state index in [1.807, 2.05) is 0 Å². The van der Waals surface area contributed by atoms with Crippen molar-refractivity contribution >= 4 is 12.0 Å². The maximum absolute atomic E-state index is 11.9. The van der Waals surface area contributed by atoms with Crippen molar-refractivity contribution in [3.8, 4) is 0 Å². The Labute approximate surface area is 126 Å². The fraction of sp³-hybridized carbons (Fsp3) is 0.867. The predicted molar refractivity (Wildman–Crippen MR) is 80.2 cm³/mol. The number of hydrogen-bond acceptors (Lipinski definition) is 3. The van der Waals surface area contributed by atoms with Gasteiger partial charge in [-0.25, -0.2) is 4.79 Å². The predicted octanol–water partition coefficient (Wildman–Crippen LogP) is 1.37. The Hall–Kier alpha value is -1.30. The van der Waals surface area contributed by atoms with Crippen molar-refractivity contribution in [3.05, 3.63) is 0 Å². The summed E-state index contributed by atoms with van der Waals surface area (Å²) in [6.07, 6.45) is 6.83. The number of carboxylic acid groups (broad SMARTS) is 1. The highest BCUT2D eigenvalue weighted by Gasteiger charge is 2.23. The number of carboxylic acids is 1. The maximum Gasteiger partial charge on any atom is 0.317 e. The lowest BCUT2D eigenvalue weighted by atomic mass is 9.89. The number of rotatable bonds is 5. The molecule has 2 amide bonds. The number of hydrogen-bond donors (Lipinski definition) is 2. The maximum atomic E-state index is 11.9. The van der Waals surface area contributed by atoms with Crippen LogP contribution in [-0.2, 0) is 4.79 Å². The van der Waals surface area contributed by atoms with Gasteiger partial charge >= 0.3 is 12.0 Å². The summed E-state index contributed by atoms with van der Waals surface area (Å²) in [6, 6.07) is -0.131. The van der Waals surface area contributed by atoms with Crippen molar-refractivity contribution in [2.75, 3.05) is 39.3 Å². The summed E-state index contributed by atoms with van der Waals surface area (Å²) in [7, 11) is 0. The third-order valence-electron chi connectivity index (χ3n) is 4.52. The second-order valence-corrected chi connectivity index (χ2v) is 6.17. The summed E-state index contributed by atoms with van der Waals surface area (Å²) in [4.78, 5) is 26.6. The molecule has 1 saturated carbocycles. The third-order valence-corrected chi connectivity index (χ3v) is 4.52. The van der Waals surface area contributed by atoms with E-state index in [-0.39, 0.29) is 19.0 Å².